The van der Waals surface area contributed by atoms with Crippen LogP contribution in [-0.4, -0.2) is 89.6 Å². The average molecular weight is 675 g/mol. The molecule has 3 atom stereocenters. The Labute approximate surface area is 278 Å². The number of nitrogens with one attached hydrogen (secondary N) is 5. The van der Waals surface area contributed by atoms with E-state index in [1.807, 2.05) is 0 Å². The fraction of sp³-hybridized carbons (Fsp3) is 0.516. The Morgan fingerprint density at radius 3 is 1.96 bits per heavy atom. The van der Waals surface area contributed by atoms with Gasteiger partial charge in [0.25, 0.3) is 0 Å². The zero-order valence-electron chi connectivity index (χ0n) is 27.4. The fourth-order valence-electron chi connectivity index (χ4n) is 4.35. The van der Waals surface area contributed by atoms with Crippen molar-refractivity contribution in [2.24, 2.45) is 16.9 Å². The number of rotatable bonds is 18. The van der Waals surface area contributed by atoms with Crippen LogP contribution in [0.2, 0.25) is 0 Å². The van der Waals surface area contributed by atoms with Crippen LogP contribution in [0.15, 0.2) is 36.4 Å². The number of amides is 8. The molecule has 2 rings (SSSR count). The number of carbonyl (C=O) groups is 7. The maximum Gasteiger partial charge on any atom is 0.312 e. The van der Waals surface area contributed by atoms with Crippen LogP contribution < -0.4 is 38.1 Å². The fourth-order valence-corrected chi connectivity index (χ4v) is 4.35. The first-order valence-corrected chi connectivity index (χ1v) is 15.5. The van der Waals surface area contributed by atoms with Crippen molar-refractivity contribution in [3.63, 3.8) is 0 Å². The molecule has 0 radical (unpaired) electrons. The number of nitrogens with two attached hydrogens (primary N) is 2. The van der Waals surface area contributed by atoms with Crippen LogP contribution in [0, 0.1) is 5.41 Å². The summed E-state index contributed by atoms with van der Waals surface area (Å²) in [6.45, 7) is 5.42. The SMILES string of the molecule is CC(C)(C)C(=O)OCc1ccc(NC(=O)[C@H](CCCNC(N)=O)NC(=O)[C@H](CCCNC(N)=O)NC(=O)CCN2C(=O)C=CC2O)cc1. The van der Waals surface area contributed by atoms with Gasteiger partial charge < -0.3 is 52.8 Å². The zero-order valence-corrected chi connectivity index (χ0v) is 27.4. The van der Waals surface area contributed by atoms with Crippen molar-refractivity contribution in [3.8, 4) is 0 Å². The molecule has 0 aromatic heterocycles. The second-order valence-corrected chi connectivity index (χ2v) is 12.1. The number of aliphatic hydroxyl groups excluding tert-OH is 1. The number of urea groups is 2. The van der Waals surface area contributed by atoms with Crippen molar-refractivity contribution in [3.05, 3.63) is 42.0 Å². The van der Waals surface area contributed by atoms with Crippen molar-refractivity contribution < 1.29 is 43.4 Å². The van der Waals surface area contributed by atoms with Gasteiger partial charge >= 0.3 is 18.0 Å². The predicted molar refractivity (Wildman–Crippen MR) is 173 cm³/mol. The van der Waals surface area contributed by atoms with Crippen molar-refractivity contribution in [1.29, 1.82) is 0 Å². The Morgan fingerprint density at radius 1 is 0.896 bits per heavy atom. The highest BCUT2D eigenvalue weighted by molar-refractivity contribution is 5.98. The molecule has 1 aliphatic rings. The molecule has 264 valence electrons. The zero-order chi connectivity index (χ0) is 35.9. The summed E-state index contributed by atoms with van der Waals surface area (Å²) in [6.07, 6.45) is 1.74. The van der Waals surface area contributed by atoms with E-state index in [2.05, 4.69) is 26.6 Å². The van der Waals surface area contributed by atoms with Crippen LogP contribution >= 0.6 is 0 Å². The Balaban J connectivity index is 2.11. The molecule has 0 bridgehead atoms. The summed E-state index contributed by atoms with van der Waals surface area (Å²) >= 11 is 0. The minimum atomic E-state index is -1.16. The molecule has 0 spiro atoms. The normalized spacial score (nSPS) is 15.2. The molecule has 1 aliphatic heterocycles. The second-order valence-electron chi connectivity index (χ2n) is 12.1. The molecule has 0 saturated heterocycles. The molecule has 1 unspecified atom stereocenters. The van der Waals surface area contributed by atoms with Crippen LogP contribution in [0.25, 0.3) is 0 Å². The van der Waals surface area contributed by atoms with Gasteiger partial charge in [-0.1, -0.05) is 12.1 Å². The van der Waals surface area contributed by atoms with Gasteiger partial charge in [-0.05, 0) is 70.2 Å². The van der Waals surface area contributed by atoms with Gasteiger partial charge in [0.15, 0.2) is 0 Å². The largest absolute Gasteiger partial charge is 0.460 e. The van der Waals surface area contributed by atoms with Gasteiger partial charge in [0, 0.05) is 37.8 Å². The lowest BCUT2D eigenvalue weighted by atomic mass is 9.97. The lowest BCUT2D eigenvalue weighted by molar-refractivity contribution is -0.154. The van der Waals surface area contributed by atoms with E-state index in [9.17, 15) is 38.7 Å². The van der Waals surface area contributed by atoms with E-state index in [0.29, 0.717) is 11.3 Å². The first-order chi connectivity index (χ1) is 22.6. The standard InChI is InChI=1S/C31H46N8O9/c1-31(2,3)28(45)48-18-19-8-10-20(11-9-19)36-26(43)22(7-5-16-35-30(33)47)38-27(44)21(6-4-15-34-29(32)46)37-23(40)14-17-39-24(41)12-13-25(39)42/h8-13,21-22,24,41H,4-7,14-18H2,1-3H3,(H,36,43)(H,37,40)(H,38,44)(H3,32,34,46)(H3,33,35,47)/t21-,22-,24?/m0/s1. The summed E-state index contributed by atoms with van der Waals surface area (Å²) < 4.78 is 5.31. The number of nitrogens with zero attached hydrogens (tertiary/aromatic N) is 1. The number of hydrogen-bond donors (Lipinski definition) is 8. The highest BCUT2D eigenvalue weighted by Crippen LogP contribution is 2.18. The molecular formula is C31H46N8O9. The second kappa shape index (κ2) is 18.8. The van der Waals surface area contributed by atoms with E-state index >= 15 is 0 Å². The third kappa shape index (κ3) is 14.1. The van der Waals surface area contributed by atoms with E-state index in [1.165, 1.54) is 12.2 Å². The Morgan fingerprint density at radius 2 is 1.46 bits per heavy atom. The number of hydrogen-bond acceptors (Lipinski definition) is 9. The highest BCUT2D eigenvalue weighted by atomic mass is 16.5. The smallest absolute Gasteiger partial charge is 0.312 e. The summed E-state index contributed by atoms with van der Waals surface area (Å²) in [6, 6.07) is 2.81. The minimum absolute atomic E-state index is 0.0454. The molecule has 8 amide bonds. The lowest BCUT2D eigenvalue weighted by Crippen LogP contribution is -2.53. The van der Waals surface area contributed by atoms with E-state index in [4.69, 9.17) is 16.2 Å². The summed E-state index contributed by atoms with van der Waals surface area (Å²) in [7, 11) is 0. The number of esters is 1. The maximum absolute atomic E-state index is 13.5. The van der Waals surface area contributed by atoms with Crippen molar-refractivity contribution in [1.82, 2.24) is 26.2 Å². The van der Waals surface area contributed by atoms with Gasteiger partial charge in [-0.3, -0.25) is 24.0 Å². The Kier molecular flexibility index (Phi) is 15.3. The van der Waals surface area contributed by atoms with E-state index in [1.54, 1.807) is 45.0 Å². The number of benzene rings is 1. The van der Waals surface area contributed by atoms with E-state index in [0.717, 1.165) is 4.90 Å². The lowest BCUT2D eigenvalue weighted by Gasteiger charge is -2.24. The first-order valence-electron chi connectivity index (χ1n) is 15.5. The Hall–Kier alpha value is -5.19. The number of ether oxygens (including phenoxy) is 1. The summed E-state index contributed by atoms with van der Waals surface area (Å²) in [5.41, 5.74) is 10.7. The van der Waals surface area contributed by atoms with E-state index < -0.39 is 59.4 Å². The van der Waals surface area contributed by atoms with Crippen LogP contribution in [0.4, 0.5) is 15.3 Å². The third-order valence-electron chi connectivity index (χ3n) is 7.02. The molecule has 48 heavy (non-hydrogen) atoms. The van der Waals surface area contributed by atoms with E-state index in [-0.39, 0.29) is 64.3 Å². The highest BCUT2D eigenvalue weighted by Gasteiger charge is 2.28. The molecule has 0 fully saturated rings. The quantitative estimate of drug-likeness (QED) is 0.0749. The molecule has 1 aromatic rings. The summed E-state index contributed by atoms with van der Waals surface area (Å²) in [5.74, 6) is -2.69. The number of anilines is 1. The third-order valence-corrected chi connectivity index (χ3v) is 7.02. The molecular weight excluding hydrogens is 628 g/mol. The molecule has 17 heteroatoms. The van der Waals surface area contributed by atoms with Crippen molar-refractivity contribution in [2.75, 3.05) is 25.0 Å². The average Bonchev–Trinajstić information content (AvgIpc) is 3.33. The predicted octanol–water partition coefficient (Wildman–Crippen LogP) is -0.312. The summed E-state index contributed by atoms with van der Waals surface area (Å²) in [4.78, 5) is 86.8. The molecule has 0 aliphatic carbocycles. The topological polar surface area (TPSA) is 264 Å². The molecule has 1 aromatic carbocycles. The van der Waals surface area contributed by atoms with Gasteiger partial charge in [0.1, 0.15) is 24.9 Å². The van der Waals surface area contributed by atoms with Crippen LogP contribution in [0.1, 0.15) is 58.4 Å². The number of aliphatic hydroxyl groups is 1. The monoisotopic (exact) mass is 674 g/mol. The van der Waals surface area contributed by atoms with Gasteiger partial charge in [-0.25, -0.2) is 9.59 Å². The molecule has 0 saturated carbocycles. The molecule has 10 N–H and O–H groups in total. The Bertz CT molecular complexity index is 1340. The minimum Gasteiger partial charge on any atom is -0.460 e. The van der Waals surface area contributed by atoms with Crippen LogP contribution in [0.5, 0.6) is 0 Å². The van der Waals surface area contributed by atoms with Gasteiger partial charge in [0.05, 0.1) is 5.41 Å². The van der Waals surface area contributed by atoms with Gasteiger partial charge in [-0.15, -0.1) is 0 Å². The van der Waals surface area contributed by atoms with Gasteiger partial charge in [0.2, 0.25) is 23.6 Å². The maximum atomic E-state index is 13.5. The number of primary amides is 2. The first kappa shape index (κ1) is 39.0. The molecule has 17 nitrogen and oxygen atoms in total. The van der Waals surface area contributed by atoms with Crippen molar-refractivity contribution >= 4 is 47.3 Å². The van der Waals surface area contributed by atoms with Crippen LogP contribution in [0.3, 0.4) is 0 Å². The van der Waals surface area contributed by atoms with Crippen LogP contribution in [-0.2, 0) is 35.3 Å². The number of carbonyl (C=O) groups excluding carboxylic acids is 7. The van der Waals surface area contributed by atoms with Crippen molar-refractivity contribution in [2.45, 2.75) is 77.8 Å². The summed E-state index contributed by atoms with van der Waals surface area (Å²) in [5, 5.41) is 22.7. The molecule has 1 heterocycles. The van der Waals surface area contributed by atoms with Gasteiger partial charge in [-0.2, -0.15) is 0 Å².